The van der Waals surface area contributed by atoms with Crippen LogP contribution in [0.25, 0.3) is 0 Å². The number of hydrogen-bond acceptors (Lipinski definition) is 5. The van der Waals surface area contributed by atoms with Crippen LogP contribution in [0.1, 0.15) is 12.6 Å². The van der Waals surface area contributed by atoms with Crippen molar-refractivity contribution in [1.82, 2.24) is 9.55 Å². The number of aromatic nitrogens is 2. The molecule has 0 aliphatic rings. The summed E-state index contributed by atoms with van der Waals surface area (Å²) in [5.41, 5.74) is 7.39. The highest BCUT2D eigenvalue weighted by Crippen LogP contribution is 2.23. The van der Waals surface area contributed by atoms with Gasteiger partial charge in [0.05, 0.1) is 12.9 Å². The zero-order chi connectivity index (χ0) is 14.4. The summed E-state index contributed by atoms with van der Waals surface area (Å²) in [6.45, 7) is 2.39. The van der Waals surface area contributed by atoms with E-state index in [0.717, 1.165) is 22.0 Å². The molecule has 6 heteroatoms. The number of hydrogen-bond donors (Lipinski definition) is 1. The first-order chi connectivity index (χ1) is 9.69. The second kappa shape index (κ2) is 7.00. The van der Waals surface area contributed by atoms with Crippen LogP contribution < -0.4 is 5.73 Å². The van der Waals surface area contributed by atoms with Gasteiger partial charge in [0.2, 0.25) is 0 Å². The number of rotatable bonds is 6. The summed E-state index contributed by atoms with van der Waals surface area (Å²) in [6.07, 6.45) is 3.42. The minimum Gasteiger partial charge on any atom is -0.465 e. The zero-order valence-electron chi connectivity index (χ0n) is 11.3. The quantitative estimate of drug-likeness (QED) is 0.502. The number of benzene rings is 1. The molecule has 0 atom stereocenters. The topological polar surface area (TPSA) is 70.1 Å². The molecule has 0 aliphatic heterocycles. The van der Waals surface area contributed by atoms with Crippen molar-refractivity contribution >= 4 is 23.4 Å². The second-order valence-corrected chi connectivity index (χ2v) is 5.22. The molecule has 1 heterocycles. The summed E-state index contributed by atoms with van der Waals surface area (Å²) >= 11 is 1.67. The molecule has 5 nitrogen and oxygen atoms in total. The highest BCUT2D eigenvalue weighted by atomic mass is 32.2. The van der Waals surface area contributed by atoms with Crippen molar-refractivity contribution in [3.63, 3.8) is 0 Å². The van der Waals surface area contributed by atoms with E-state index in [1.165, 1.54) is 0 Å². The van der Waals surface area contributed by atoms with Crippen LogP contribution in [-0.4, -0.2) is 22.1 Å². The summed E-state index contributed by atoms with van der Waals surface area (Å²) in [6, 6.07) is 7.70. The van der Waals surface area contributed by atoms with E-state index in [2.05, 4.69) is 4.98 Å². The lowest BCUT2D eigenvalue weighted by molar-refractivity contribution is -0.143. The molecule has 0 unspecified atom stereocenters. The van der Waals surface area contributed by atoms with Crippen LogP contribution >= 0.6 is 11.8 Å². The molecular formula is C14H17N3O2S. The lowest BCUT2D eigenvalue weighted by atomic mass is 10.3. The van der Waals surface area contributed by atoms with Gasteiger partial charge in [-0.3, -0.25) is 4.79 Å². The molecule has 2 N–H and O–H groups in total. The lowest BCUT2D eigenvalue weighted by Gasteiger charge is -2.07. The van der Waals surface area contributed by atoms with Crippen LogP contribution in [0.15, 0.2) is 41.7 Å². The number of thioether (sulfide) groups is 1. The van der Waals surface area contributed by atoms with Crippen LogP contribution in [0.4, 0.5) is 5.69 Å². The fourth-order valence-electron chi connectivity index (χ4n) is 1.68. The predicted molar refractivity (Wildman–Crippen MR) is 79.3 cm³/mol. The van der Waals surface area contributed by atoms with Gasteiger partial charge in [-0.1, -0.05) is 0 Å². The first kappa shape index (κ1) is 14.5. The predicted octanol–water partition coefficient (Wildman–Crippen LogP) is 2.32. The number of anilines is 1. The Labute approximate surface area is 122 Å². The van der Waals surface area contributed by atoms with E-state index in [1.807, 2.05) is 28.8 Å². The van der Waals surface area contributed by atoms with Crippen molar-refractivity contribution in [1.29, 1.82) is 0 Å². The van der Waals surface area contributed by atoms with Crippen molar-refractivity contribution in [2.75, 3.05) is 12.3 Å². The van der Waals surface area contributed by atoms with E-state index in [-0.39, 0.29) is 12.5 Å². The number of nitrogens with two attached hydrogens (primary N) is 1. The SMILES string of the molecule is CCOC(=O)Cn1cncc1CSc1ccc(N)cc1. The molecule has 2 aromatic rings. The van der Waals surface area contributed by atoms with Gasteiger partial charge in [-0.2, -0.15) is 0 Å². The van der Waals surface area contributed by atoms with Crippen molar-refractivity contribution in [3.05, 3.63) is 42.5 Å². The molecule has 0 bridgehead atoms. The van der Waals surface area contributed by atoms with Gasteiger partial charge in [-0.25, -0.2) is 4.98 Å². The summed E-state index contributed by atoms with van der Waals surface area (Å²) in [5.74, 6) is 0.493. The first-order valence-electron chi connectivity index (χ1n) is 6.32. The maximum Gasteiger partial charge on any atom is 0.325 e. The van der Waals surface area contributed by atoms with Crippen molar-refractivity contribution in [2.45, 2.75) is 24.1 Å². The zero-order valence-corrected chi connectivity index (χ0v) is 12.1. The third-order valence-electron chi connectivity index (χ3n) is 2.67. The van der Waals surface area contributed by atoms with Gasteiger partial charge in [-0.15, -0.1) is 11.8 Å². The monoisotopic (exact) mass is 291 g/mol. The molecule has 0 aliphatic carbocycles. The van der Waals surface area contributed by atoms with Gasteiger partial charge in [0, 0.05) is 28.2 Å². The molecule has 20 heavy (non-hydrogen) atoms. The highest BCUT2D eigenvalue weighted by molar-refractivity contribution is 7.98. The number of nitrogens with zero attached hydrogens (tertiary/aromatic N) is 2. The average molecular weight is 291 g/mol. The Hall–Kier alpha value is -1.95. The second-order valence-electron chi connectivity index (χ2n) is 4.18. The maximum absolute atomic E-state index is 11.5. The van der Waals surface area contributed by atoms with E-state index in [1.54, 1.807) is 31.2 Å². The van der Waals surface area contributed by atoms with Gasteiger partial charge in [0.25, 0.3) is 0 Å². The third-order valence-corrected chi connectivity index (χ3v) is 3.72. The van der Waals surface area contributed by atoms with Crippen molar-refractivity contribution < 1.29 is 9.53 Å². The number of carbonyl (C=O) groups is 1. The molecule has 0 radical (unpaired) electrons. The van der Waals surface area contributed by atoms with E-state index in [4.69, 9.17) is 10.5 Å². The Morgan fingerprint density at radius 3 is 2.85 bits per heavy atom. The minimum atomic E-state index is -0.246. The number of imidazole rings is 1. The number of nitrogen functional groups attached to an aromatic ring is 1. The molecule has 0 fully saturated rings. The number of ether oxygens (including phenoxy) is 1. The lowest BCUT2D eigenvalue weighted by Crippen LogP contribution is -2.14. The highest BCUT2D eigenvalue weighted by Gasteiger charge is 2.08. The molecule has 1 aromatic heterocycles. The molecule has 2 rings (SSSR count). The van der Waals surface area contributed by atoms with E-state index < -0.39 is 0 Å². The van der Waals surface area contributed by atoms with Gasteiger partial charge < -0.3 is 15.0 Å². The van der Waals surface area contributed by atoms with E-state index >= 15 is 0 Å². The van der Waals surface area contributed by atoms with E-state index in [9.17, 15) is 4.79 Å². The molecule has 106 valence electrons. The number of carbonyl (C=O) groups excluding carboxylic acids is 1. The van der Waals surface area contributed by atoms with Gasteiger partial charge in [0.1, 0.15) is 6.54 Å². The molecule has 0 spiro atoms. The fraction of sp³-hybridized carbons (Fsp3) is 0.286. The van der Waals surface area contributed by atoms with Crippen LogP contribution in [0.5, 0.6) is 0 Å². The largest absolute Gasteiger partial charge is 0.465 e. The Morgan fingerprint density at radius 2 is 2.15 bits per heavy atom. The summed E-state index contributed by atoms with van der Waals surface area (Å²) in [4.78, 5) is 16.7. The van der Waals surface area contributed by atoms with Crippen molar-refractivity contribution in [3.8, 4) is 0 Å². The maximum atomic E-state index is 11.5. The average Bonchev–Trinajstić information content (AvgIpc) is 2.86. The van der Waals surface area contributed by atoms with Crippen molar-refractivity contribution in [2.24, 2.45) is 0 Å². The Bertz CT molecular complexity index is 566. The first-order valence-corrected chi connectivity index (χ1v) is 7.30. The van der Waals surface area contributed by atoms with Gasteiger partial charge in [0.15, 0.2) is 0 Å². The molecular weight excluding hydrogens is 274 g/mol. The van der Waals surface area contributed by atoms with Gasteiger partial charge in [-0.05, 0) is 31.2 Å². The Morgan fingerprint density at radius 1 is 1.40 bits per heavy atom. The van der Waals surface area contributed by atoms with E-state index in [0.29, 0.717) is 6.61 Å². The molecule has 0 amide bonds. The smallest absolute Gasteiger partial charge is 0.325 e. The Balaban J connectivity index is 1.94. The summed E-state index contributed by atoms with van der Waals surface area (Å²) < 4.78 is 6.75. The summed E-state index contributed by atoms with van der Waals surface area (Å²) in [5, 5.41) is 0. The Kier molecular flexibility index (Phi) is 5.06. The summed E-state index contributed by atoms with van der Waals surface area (Å²) in [7, 11) is 0. The van der Waals surface area contributed by atoms with Crippen LogP contribution in [0.2, 0.25) is 0 Å². The third kappa shape index (κ3) is 4.03. The molecule has 1 aromatic carbocycles. The number of esters is 1. The molecule has 0 saturated carbocycles. The van der Waals surface area contributed by atoms with Crippen LogP contribution in [-0.2, 0) is 21.8 Å². The van der Waals surface area contributed by atoms with Crippen LogP contribution in [0.3, 0.4) is 0 Å². The fourth-order valence-corrected chi connectivity index (χ4v) is 2.56. The normalized spacial score (nSPS) is 10.4. The standard InChI is InChI=1S/C14H17N3O2S/c1-2-19-14(18)8-17-10-16-7-12(17)9-20-13-5-3-11(15)4-6-13/h3-7,10H,2,8-9,15H2,1H3. The van der Waals surface area contributed by atoms with Crippen LogP contribution in [0, 0.1) is 0 Å². The molecule has 0 saturated heterocycles. The van der Waals surface area contributed by atoms with Gasteiger partial charge >= 0.3 is 5.97 Å². The minimum absolute atomic E-state index is 0.200.